The van der Waals surface area contributed by atoms with Gasteiger partial charge in [0.05, 0.1) is 0 Å². The number of amides is 1. The summed E-state index contributed by atoms with van der Waals surface area (Å²) in [5.74, 6) is 0.427. The van der Waals surface area contributed by atoms with E-state index in [0.717, 1.165) is 25.8 Å². The van der Waals surface area contributed by atoms with E-state index in [0.29, 0.717) is 0 Å². The number of hydrogen-bond acceptors (Lipinski definition) is 2. The summed E-state index contributed by atoms with van der Waals surface area (Å²) in [5.41, 5.74) is 5.99. The van der Waals surface area contributed by atoms with E-state index in [9.17, 15) is 4.79 Å². The van der Waals surface area contributed by atoms with E-state index in [1.54, 1.807) is 0 Å². The molecule has 0 aliphatic heterocycles. The molecule has 0 radical (unpaired) electrons. The lowest BCUT2D eigenvalue weighted by Gasteiger charge is -2.26. The van der Waals surface area contributed by atoms with Crippen LogP contribution in [0.4, 0.5) is 0 Å². The molecular formula is C13H26N2O. The summed E-state index contributed by atoms with van der Waals surface area (Å²) in [6.45, 7) is 7.19. The van der Waals surface area contributed by atoms with Crippen molar-refractivity contribution in [2.45, 2.75) is 58.9 Å². The van der Waals surface area contributed by atoms with Gasteiger partial charge in [0.1, 0.15) is 0 Å². The van der Waals surface area contributed by atoms with E-state index < -0.39 is 0 Å². The minimum Gasteiger partial charge on any atom is -0.356 e. The zero-order valence-electron chi connectivity index (χ0n) is 10.9. The lowest BCUT2D eigenvalue weighted by molar-refractivity contribution is -0.127. The fourth-order valence-electron chi connectivity index (χ4n) is 2.52. The van der Waals surface area contributed by atoms with Crippen molar-refractivity contribution in [3.63, 3.8) is 0 Å². The molecular weight excluding hydrogens is 200 g/mol. The van der Waals surface area contributed by atoms with Gasteiger partial charge in [-0.2, -0.15) is 0 Å². The van der Waals surface area contributed by atoms with Gasteiger partial charge in [-0.1, -0.05) is 27.2 Å². The number of rotatable bonds is 5. The largest absolute Gasteiger partial charge is 0.356 e. The molecule has 3 heteroatoms. The average molecular weight is 226 g/mol. The molecule has 16 heavy (non-hydrogen) atoms. The molecule has 2 unspecified atom stereocenters. The summed E-state index contributed by atoms with van der Waals surface area (Å²) in [6.07, 6.45) is 5.25. The van der Waals surface area contributed by atoms with E-state index in [4.69, 9.17) is 5.73 Å². The van der Waals surface area contributed by atoms with E-state index in [1.807, 2.05) is 0 Å². The van der Waals surface area contributed by atoms with Crippen LogP contribution >= 0.6 is 0 Å². The van der Waals surface area contributed by atoms with Crippen LogP contribution < -0.4 is 11.1 Å². The van der Waals surface area contributed by atoms with Crippen LogP contribution in [0.1, 0.15) is 52.9 Å². The van der Waals surface area contributed by atoms with Gasteiger partial charge in [-0.15, -0.1) is 0 Å². The molecule has 94 valence electrons. The van der Waals surface area contributed by atoms with Crippen LogP contribution in [-0.2, 0) is 4.79 Å². The van der Waals surface area contributed by atoms with Crippen molar-refractivity contribution in [1.29, 1.82) is 0 Å². The summed E-state index contributed by atoms with van der Waals surface area (Å²) >= 11 is 0. The molecule has 1 amide bonds. The number of nitrogens with one attached hydrogen (secondary N) is 1. The van der Waals surface area contributed by atoms with Crippen LogP contribution in [0, 0.1) is 11.3 Å². The molecule has 3 N–H and O–H groups in total. The molecule has 2 atom stereocenters. The fraction of sp³-hybridized carbons (Fsp3) is 0.923. The third-order valence-electron chi connectivity index (χ3n) is 3.91. The topological polar surface area (TPSA) is 55.1 Å². The molecule has 1 aliphatic carbocycles. The second kappa shape index (κ2) is 5.67. The highest BCUT2D eigenvalue weighted by Crippen LogP contribution is 2.42. The highest BCUT2D eigenvalue weighted by molar-refractivity contribution is 5.79. The maximum Gasteiger partial charge on any atom is 0.223 e. The van der Waals surface area contributed by atoms with Crippen molar-refractivity contribution in [3.05, 3.63) is 0 Å². The van der Waals surface area contributed by atoms with Crippen LogP contribution in [0.3, 0.4) is 0 Å². The maximum atomic E-state index is 12.0. The first-order chi connectivity index (χ1) is 7.47. The first-order valence-corrected chi connectivity index (χ1v) is 6.50. The predicted octanol–water partition coefficient (Wildman–Crippen LogP) is 2.06. The zero-order valence-corrected chi connectivity index (χ0v) is 10.9. The molecule has 1 fully saturated rings. The van der Waals surface area contributed by atoms with Crippen molar-refractivity contribution in [2.24, 2.45) is 17.1 Å². The maximum absolute atomic E-state index is 12.0. The quantitative estimate of drug-likeness (QED) is 0.754. The summed E-state index contributed by atoms with van der Waals surface area (Å²) in [6, 6.07) is 0.219. The molecule has 1 saturated carbocycles. The van der Waals surface area contributed by atoms with Gasteiger partial charge in [0.2, 0.25) is 5.91 Å². The van der Waals surface area contributed by atoms with Gasteiger partial charge in [0, 0.05) is 18.5 Å². The smallest absolute Gasteiger partial charge is 0.223 e. The van der Waals surface area contributed by atoms with Crippen molar-refractivity contribution >= 4 is 5.91 Å². The third-order valence-corrected chi connectivity index (χ3v) is 3.91. The second-order valence-corrected chi connectivity index (χ2v) is 5.68. The molecule has 0 aromatic rings. The Bertz CT molecular complexity index is 238. The monoisotopic (exact) mass is 226 g/mol. The molecule has 3 nitrogen and oxygen atoms in total. The second-order valence-electron chi connectivity index (χ2n) is 5.68. The van der Waals surface area contributed by atoms with Crippen LogP contribution in [0.5, 0.6) is 0 Å². The molecule has 0 heterocycles. The van der Waals surface area contributed by atoms with Gasteiger partial charge in [0.15, 0.2) is 0 Å². The number of carbonyl (C=O) groups is 1. The van der Waals surface area contributed by atoms with Gasteiger partial charge in [-0.3, -0.25) is 4.79 Å². The van der Waals surface area contributed by atoms with Crippen molar-refractivity contribution in [2.75, 3.05) is 6.54 Å². The lowest BCUT2D eigenvalue weighted by atomic mass is 9.81. The van der Waals surface area contributed by atoms with Crippen LogP contribution in [0.2, 0.25) is 0 Å². The van der Waals surface area contributed by atoms with Crippen LogP contribution in [-0.4, -0.2) is 18.5 Å². The van der Waals surface area contributed by atoms with Gasteiger partial charge < -0.3 is 11.1 Å². The highest BCUT2D eigenvalue weighted by atomic mass is 16.1. The predicted molar refractivity (Wildman–Crippen MR) is 67.0 cm³/mol. The van der Waals surface area contributed by atoms with Crippen molar-refractivity contribution in [3.8, 4) is 0 Å². The van der Waals surface area contributed by atoms with Gasteiger partial charge >= 0.3 is 0 Å². The summed E-state index contributed by atoms with van der Waals surface area (Å²) in [4.78, 5) is 12.0. The number of nitrogens with two attached hydrogens (primary N) is 1. The van der Waals surface area contributed by atoms with Gasteiger partial charge in [0.25, 0.3) is 0 Å². The first kappa shape index (κ1) is 13.5. The first-order valence-electron chi connectivity index (χ1n) is 6.50. The van der Waals surface area contributed by atoms with Crippen LogP contribution in [0.15, 0.2) is 0 Å². The summed E-state index contributed by atoms with van der Waals surface area (Å²) < 4.78 is 0. The zero-order chi connectivity index (χ0) is 12.2. The Morgan fingerprint density at radius 3 is 2.75 bits per heavy atom. The van der Waals surface area contributed by atoms with Crippen molar-refractivity contribution < 1.29 is 4.79 Å². The molecule has 0 spiro atoms. The van der Waals surface area contributed by atoms with E-state index in [2.05, 4.69) is 26.1 Å². The molecule has 0 saturated heterocycles. The Morgan fingerprint density at radius 2 is 2.25 bits per heavy atom. The average Bonchev–Trinajstić information content (AvgIpc) is 2.57. The highest BCUT2D eigenvalue weighted by Gasteiger charge is 2.38. The normalized spacial score (nSPS) is 25.4. The summed E-state index contributed by atoms with van der Waals surface area (Å²) in [5, 5.41) is 3.03. The Morgan fingerprint density at radius 1 is 1.56 bits per heavy atom. The minimum absolute atomic E-state index is 0.178. The van der Waals surface area contributed by atoms with E-state index in [1.165, 1.54) is 12.8 Å². The van der Waals surface area contributed by atoms with Crippen molar-refractivity contribution in [1.82, 2.24) is 5.32 Å². The molecule has 0 bridgehead atoms. The number of hydrogen-bond donors (Lipinski definition) is 2. The Labute approximate surface area is 99.2 Å². The van der Waals surface area contributed by atoms with E-state index in [-0.39, 0.29) is 23.3 Å². The van der Waals surface area contributed by atoms with Crippen LogP contribution in [0.25, 0.3) is 0 Å². The van der Waals surface area contributed by atoms with E-state index >= 15 is 0 Å². The third kappa shape index (κ3) is 3.48. The minimum atomic E-state index is 0.178. The lowest BCUT2D eigenvalue weighted by Crippen LogP contribution is -2.38. The molecule has 1 aliphatic rings. The Balaban J connectivity index is 2.30. The molecule has 0 aromatic heterocycles. The van der Waals surface area contributed by atoms with Gasteiger partial charge in [-0.05, 0) is 31.1 Å². The Hall–Kier alpha value is -0.570. The summed E-state index contributed by atoms with van der Waals surface area (Å²) in [7, 11) is 0. The molecule has 0 aromatic carbocycles. The molecule has 1 rings (SSSR count). The number of carbonyl (C=O) groups excluding carboxylic acids is 1. The standard InChI is InChI=1S/C13H26N2O/c1-4-10(14)7-9-15-12(16)11-6-5-8-13(11,2)3/h10-11H,4-9,14H2,1-3H3,(H,15,16). The SMILES string of the molecule is CCC(N)CCNC(=O)C1CCCC1(C)C. The van der Waals surface area contributed by atoms with Gasteiger partial charge in [-0.25, -0.2) is 0 Å². The Kier molecular flexibility index (Phi) is 4.78. The fourth-order valence-corrected chi connectivity index (χ4v) is 2.52.